The molecule has 0 unspecified atom stereocenters. The molecule has 2 aromatic heterocycles. The van der Waals surface area contributed by atoms with Crippen LogP contribution in [0.4, 0.5) is 5.69 Å². The zero-order valence-corrected chi connectivity index (χ0v) is 10.8. The Morgan fingerprint density at radius 1 is 1.00 bits per heavy atom. The standard InChI is InChI=1S/C16H15N3/c1-12-2-3-15-14(10-12)16(6-9-18-15)19-11-13-4-7-17-8-5-13/h2-10H,11H2,1H3,(H,18,19). The Bertz CT molecular complexity index is 693. The molecule has 3 aromatic rings. The minimum Gasteiger partial charge on any atom is -0.380 e. The van der Waals surface area contributed by atoms with Gasteiger partial charge in [-0.2, -0.15) is 0 Å². The van der Waals surface area contributed by atoms with Crippen LogP contribution in [0.2, 0.25) is 0 Å². The molecule has 2 heterocycles. The summed E-state index contributed by atoms with van der Waals surface area (Å²) in [6.07, 6.45) is 5.46. The number of hydrogen-bond acceptors (Lipinski definition) is 3. The van der Waals surface area contributed by atoms with Crippen molar-refractivity contribution < 1.29 is 0 Å². The van der Waals surface area contributed by atoms with Gasteiger partial charge in [0.25, 0.3) is 0 Å². The van der Waals surface area contributed by atoms with E-state index in [2.05, 4.69) is 40.4 Å². The highest BCUT2D eigenvalue weighted by atomic mass is 14.9. The summed E-state index contributed by atoms with van der Waals surface area (Å²) in [5.41, 5.74) is 4.59. The monoisotopic (exact) mass is 249 g/mol. The number of benzene rings is 1. The molecule has 0 spiro atoms. The number of aromatic nitrogens is 2. The summed E-state index contributed by atoms with van der Waals surface area (Å²) in [5.74, 6) is 0. The van der Waals surface area contributed by atoms with Crippen molar-refractivity contribution in [2.75, 3.05) is 5.32 Å². The molecule has 0 atom stereocenters. The number of pyridine rings is 2. The molecule has 19 heavy (non-hydrogen) atoms. The zero-order chi connectivity index (χ0) is 13.1. The van der Waals surface area contributed by atoms with Gasteiger partial charge in [0.15, 0.2) is 0 Å². The molecule has 1 aromatic carbocycles. The van der Waals surface area contributed by atoms with Crippen molar-refractivity contribution in [3.8, 4) is 0 Å². The number of rotatable bonds is 3. The van der Waals surface area contributed by atoms with E-state index in [1.54, 1.807) is 0 Å². The summed E-state index contributed by atoms with van der Waals surface area (Å²) in [6, 6.07) is 12.4. The molecule has 0 aliphatic heterocycles. The maximum absolute atomic E-state index is 4.39. The molecule has 0 fully saturated rings. The molecular weight excluding hydrogens is 234 g/mol. The van der Waals surface area contributed by atoms with E-state index < -0.39 is 0 Å². The summed E-state index contributed by atoms with van der Waals surface area (Å²) in [4.78, 5) is 8.41. The van der Waals surface area contributed by atoms with Crippen molar-refractivity contribution in [2.24, 2.45) is 0 Å². The normalized spacial score (nSPS) is 10.6. The van der Waals surface area contributed by atoms with E-state index in [-0.39, 0.29) is 0 Å². The number of aryl methyl sites for hydroxylation is 1. The van der Waals surface area contributed by atoms with Crippen molar-refractivity contribution in [1.29, 1.82) is 0 Å². The Balaban J connectivity index is 1.90. The Kier molecular flexibility index (Phi) is 3.11. The van der Waals surface area contributed by atoms with Gasteiger partial charge in [-0.15, -0.1) is 0 Å². The van der Waals surface area contributed by atoms with Crippen LogP contribution in [0.15, 0.2) is 55.0 Å². The smallest absolute Gasteiger partial charge is 0.0722 e. The summed E-state index contributed by atoms with van der Waals surface area (Å²) in [6.45, 7) is 2.88. The highest BCUT2D eigenvalue weighted by Gasteiger charge is 2.02. The van der Waals surface area contributed by atoms with E-state index in [1.807, 2.05) is 36.8 Å². The van der Waals surface area contributed by atoms with Crippen LogP contribution in [-0.2, 0) is 6.54 Å². The summed E-state index contributed by atoms with van der Waals surface area (Å²) < 4.78 is 0. The van der Waals surface area contributed by atoms with E-state index in [1.165, 1.54) is 11.1 Å². The maximum atomic E-state index is 4.39. The predicted molar refractivity (Wildman–Crippen MR) is 78.0 cm³/mol. The third-order valence-electron chi connectivity index (χ3n) is 3.13. The van der Waals surface area contributed by atoms with Gasteiger partial charge < -0.3 is 5.32 Å². The number of hydrogen-bond donors (Lipinski definition) is 1. The Hall–Kier alpha value is -2.42. The van der Waals surface area contributed by atoms with E-state index in [9.17, 15) is 0 Å². The SMILES string of the molecule is Cc1ccc2nccc(NCc3ccncc3)c2c1. The molecule has 0 amide bonds. The van der Waals surface area contributed by atoms with E-state index in [4.69, 9.17) is 0 Å². The van der Waals surface area contributed by atoms with Gasteiger partial charge in [0.2, 0.25) is 0 Å². The molecule has 1 N–H and O–H groups in total. The van der Waals surface area contributed by atoms with E-state index >= 15 is 0 Å². The Labute approximate surface area is 112 Å². The predicted octanol–water partition coefficient (Wildman–Crippen LogP) is 3.55. The van der Waals surface area contributed by atoms with Gasteiger partial charge >= 0.3 is 0 Å². The number of nitrogens with zero attached hydrogens (tertiary/aromatic N) is 2. The summed E-state index contributed by atoms with van der Waals surface area (Å²) >= 11 is 0. The first-order chi connectivity index (χ1) is 9.33. The van der Waals surface area contributed by atoms with Crippen LogP contribution in [-0.4, -0.2) is 9.97 Å². The molecule has 0 aliphatic rings. The first-order valence-corrected chi connectivity index (χ1v) is 6.31. The minimum atomic E-state index is 0.787. The van der Waals surface area contributed by atoms with Crippen LogP contribution < -0.4 is 5.32 Å². The number of anilines is 1. The van der Waals surface area contributed by atoms with Gasteiger partial charge in [-0.25, -0.2) is 0 Å². The quantitative estimate of drug-likeness (QED) is 0.771. The van der Waals surface area contributed by atoms with Crippen molar-refractivity contribution in [1.82, 2.24) is 9.97 Å². The van der Waals surface area contributed by atoms with Crippen LogP contribution >= 0.6 is 0 Å². The second-order valence-corrected chi connectivity index (χ2v) is 4.59. The first-order valence-electron chi connectivity index (χ1n) is 6.31. The van der Waals surface area contributed by atoms with E-state index in [0.717, 1.165) is 23.1 Å². The third-order valence-corrected chi connectivity index (χ3v) is 3.13. The highest BCUT2D eigenvalue weighted by Crippen LogP contribution is 2.23. The number of fused-ring (bicyclic) bond motifs is 1. The van der Waals surface area contributed by atoms with Gasteiger partial charge in [0.05, 0.1) is 5.52 Å². The minimum absolute atomic E-state index is 0.787. The zero-order valence-electron chi connectivity index (χ0n) is 10.8. The van der Waals surface area contributed by atoms with Crippen LogP contribution in [0.3, 0.4) is 0 Å². The molecule has 94 valence electrons. The van der Waals surface area contributed by atoms with Crippen LogP contribution in [0.1, 0.15) is 11.1 Å². The third kappa shape index (κ3) is 2.55. The highest BCUT2D eigenvalue weighted by molar-refractivity contribution is 5.91. The van der Waals surface area contributed by atoms with Gasteiger partial charge in [-0.3, -0.25) is 9.97 Å². The average molecular weight is 249 g/mol. The molecule has 3 heteroatoms. The van der Waals surface area contributed by atoms with Gasteiger partial charge in [-0.05, 0) is 42.8 Å². The fourth-order valence-electron chi connectivity index (χ4n) is 2.11. The molecular formula is C16H15N3. The second kappa shape index (κ2) is 5.06. The summed E-state index contributed by atoms with van der Waals surface area (Å²) in [5, 5.41) is 4.63. The first kappa shape index (κ1) is 11.7. The lowest BCUT2D eigenvalue weighted by Gasteiger charge is -2.10. The fourth-order valence-corrected chi connectivity index (χ4v) is 2.11. The molecule has 3 nitrogen and oxygen atoms in total. The van der Waals surface area contributed by atoms with Crippen molar-refractivity contribution in [2.45, 2.75) is 13.5 Å². The van der Waals surface area contributed by atoms with Gasteiger partial charge in [0, 0.05) is 36.2 Å². The van der Waals surface area contributed by atoms with Gasteiger partial charge in [-0.1, -0.05) is 11.6 Å². The maximum Gasteiger partial charge on any atom is 0.0722 e. The molecule has 0 saturated carbocycles. The average Bonchev–Trinajstić information content (AvgIpc) is 2.46. The van der Waals surface area contributed by atoms with Crippen LogP contribution in [0, 0.1) is 6.92 Å². The fraction of sp³-hybridized carbons (Fsp3) is 0.125. The van der Waals surface area contributed by atoms with E-state index in [0.29, 0.717) is 0 Å². The largest absolute Gasteiger partial charge is 0.380 e. The second-order valence-electron chi connectivity index (χ2n) is 4.59. The topological polar surface area (TPSA) is 37.8 Å². The van der Waals surface area contributed by atoms with Crippen LogP contribution in [0.25, 0.3) is 10.9 Å². The molecule has 0 bridgehead atoms. The van der Waals surface area contributed by atoms with Gasteiger partial charge in [0.1, 0.15) is 0 Å². The Morgan fingerprint density at radius 2 is 1.84 bits per heavy atom. The van der Waals surface area contributed by atoms with Crippen molar-refractivity contribution >= 4 is 16.6 Å². The van der Waals surface area contributed by atoms with Crippen LogP contribution in [0.5, 0.6) is 0 Å². The van der Waals surface area contributed by atoms with Crippen molar-refractivity contribution in [3.05, 3.63) is 66.1 Å². The molecule has 0 radical (unpaired) electrons. The molecule has 3 rings (SSSR count). The summed E-state index contributed by atoms with van der Waals surface area (Å²) in [7, 11) is 0. The molecule has 0 saturated heterocycles. The lowest BCUT2D eigenvalue weighted by Crippen LogP contribution is -2.00. The Morgan fingerprint density at radius 3 is 2.68 bits per heavy atom. The number of nitrogens with one attached hydrogen (secondary N) is 1. The lowest BCUT2D eigenvalue weighted by molar-refractivity contribution is 1.13. The molecule has 0 aliphatic carbocycles. The lowest BCUT2D eigenvalue weighted by atomic mass is 10.1. The van der Waals surface area contributed by atoms with Crippen molar-refractivity contribution in [3.63, 3.8) is 0 Å².